The van der Waals surface area contributed by atoms with Crippen LogP contribution in [0.25, 0.3) is 10.9 Å². The standard InChI is InChI=1S/C20H25N3O2/c24-19(9-10-20(25)23-13-5-1-2-6-14-23)22-15-16-11-12-21-18-8-4-3-7-17(16)18/h3-4,7-8,11-12H,1-2,5-6,9-10,13-15H2,(H,22,24). The van der Waals surface area contributed by atoms with Crippen LogP contribution in [-0.4, -0.2) is 34.8 Å². The molecule has 2 amide bonds. The molecule has 132 valence electrons. The van der Waals surface area contributed by atoms with Crippen molar-refractivity contribution in [1.82, 2.24) is 15.2 Å². The number of aromatic nitrogens is 1. The van der Waals surface area contributed by atoms with E-state index in [9.17, 15) is 9.59 Å². The number of hydrogen-bond donors (Lipinski definition) is 1. The van der Waals surface area contributed by atoms with Gasteiger partial charge in [0.15, 0.2) is 0 Å². The highest BCUT2D eigenvalue weighted by molar-refractivity contribution is 5.85. The molecule has 1 saturated heterocycles. The Morgan fingerprint density at radius 2 is 1.76 bits per heavy atom. The van der Waals surface area contributed by atoms with E-state index in [0.717, 1.165) is 42.4 Å². The van der Waals surface area contributed by atoms with Gasteiger partial charge in [-0.25, -0.2) is 0 Å². The number of amides is 2. The smallest absolute Gasteiger partial charge is 0.223 e. The second-order valence-electron chi connectivity index (χ2n) is 6.56. The molecular weight excluding hydrogens is 314 g/mol. The summed E-state index contributed by atoms with van der Waals surface area (Å²) < 4.78 is 0. The number of benzene rings is 1. The first-order valence-electron chi connectivity index (χ1n) is 9.11. The molecule has 0 radical (unpaired) electrons. The number of nitrogens with zero attached hydrogens (tertiary/aromatic N) is 2. The van der Waals surface area contributed by atoms with Crippen molar-refractivity contribution in [1.29, 1.82) is 0 Å². The number of fused-ring (bicyclic) bond motifs is 1. The highest BCUT2D eigenvalue weighted by Crippen LogP contribution is 2.16. The van der Waals surface area contributed by atoms with Crippen molar-refractivity contribution in [3.8, 4) is 0 Å². The second kappa shape index (κ2) is 8.60. The molecule has 1 aromatic heterocycles. The van der Waals surface area contributed by atoms with Gasteiger partial charge in [-0.05, 0) is 30.5 Å². The Labute approximate surface area is 148 Å². The molecule has 0 saturated carbocycles. The summed E-state index contributed by atoms with van der Waals surface area (Å²) in [7, 11) is 0. The summed E-state index contributed by atoms with van der Waals surface area (Å²) in [6, 6.07) is 9.81. The Kier molecular flexibility index (Phi) is 5.99. The zero-order valence-electron chi connectivity index (χ0n) is 14.5. The molecule has 5 heteroatoms. The van der Waals surface area contributed by atoms with Crippen molar-refractivity contribution >= 4 is 22.7 Å². The topological polar surface area (TPSA) is 62.3 Å². The molecule has 1 aromatic carbocycles. The molecule has 1 aliphatic rings. The molecule has 1 N–H and O–H groups in total. The van der Waals surface area contributed by atoms with E-state index in [1.165, 1.54) is 12.8 Å². The van der Waals surface area contributed by atoms with Gasteiger partial charge in [0.1, 0.15) is 0 Å². The lowest BCUT2D eigenvalue weighted by Gasteiger charge is -2.20. The van der Waals surface area contributed by atoms with E-state index in [1.807, 2.05) is 35.2 Å². The number of rotatable bonds is 5. The molecule has 25 heavy (non-hydrogen) atoms. The maximum Gasteiger partial charge on any atom is 0.223 e. The second-order valence-corrected chi connectivity index (χ2v) is 6.56. The predicted molar refractivity (Wildman–Crippen MR) is 97.9 cm³/mol. The van der Waals surface area contributed by atoms with Gasteiger partial charge in [0, 0.05) is 44.1 Å². The van der Waals surface area contributed by atoms with Crippen molar-refractivity contribution in [3.05, 3.63) is 42.1 Å². The number of para-hydroxylation sites is 1. The summed E-state index contributed by atoms with van der Waals surface area (Å²) in [4.78, 5) is 30.6. The van der Waals surface area contributed by atoms with Crippen LogP contribution < -0.4 is 5.32 Å². The number of nitrogens with one attached hydrogen (secondary N) is 1. The van der Waals surface area contributed by atoms with Crippen LogP contribution in [0.5, 0.6) is 0 Å². The zero-order chi connectivity index (χ0) is 17.5. The van der Waals surface area contributed by atoms with E-state index in [4.69, 9.17) is 0 Å². The maximum atomic E-state index is 12.2. The van der Waals surface area contributed by atoms with E-state index in [0.29, 0.717) is 13.0 Å². The number of hydrogen-bond acceptors (Lipinski definition) is 3. The van der Waals surface area contributed by atoms with Crippen LogP contribution in [-0.2, 0) is 16.1 Å². The first kappa shape index (κ1) is 17.4. The van der Waals surface area contributed by atoms with Gasteiger partial charge in [-0.2, -0.15) is 0 Å². The third-order valence-corrected chi connectivity index (χ3v) is 4.74. The van der Waals surface area contributed by atoms with Gasteiger partial charge >= 0.3 is 0 Å². The Bertz CT molecular complexity index is 731. The van der Waals surface area contributed by atoms with Gasteiger partial charge in [-0.3, -0.25) is 14.6 Å². The van der Waals surface area contributed by atoms with Crippen molar-refractivity contribution in [3.63, 3.8) is 0 Å². The van der Waals surface area contributed by atoms with Gasteiger partial charge in [0.25, 0.3) is 0 Å². The van der Waals surface area contributed by atoms with Crippen LogP contribution in [0, 0.1) is 0 Å². The van der Waals surface area contributed by atoms with Crippen molar-refractivity contribution in [2.24, 2.45) is 0 Å². The number of pyridine rings is 1. The van der Waals surface area contributed by atoms with Crippen molar-refractivity contribution < 1.29 is 9.59 Å². The molecule has 2 heterocycles. The van der Waals surface area contributed by atoms with Crippen LogP contribution in [0.3, 0.4) is 0 Å². The molecule has 0 unspecified atom stereocenters. The van der Waals surface area contributed by atoms with Crippen LogP contribution >= 0.6 is 0 Å². The number of carbonyl (C=O) groups excluding carboxylic acids is 2. The van der Waals surface area contributed by atoms with Gasteiger partial charge in [-0.1, -0.05) is 31.0 Å². The maximum absolute atomic E-state index is 12.2. The monoisotopic (exact) mass is 339 g/mol. The summed E-state index contributed by atoms with van der Waals surface area (Å²) in [5.41, 5.74) is 1.96. The summed E-state index contributed by atoms with van der Waals surface area (Å²) in [5.74, 6) is 0.0236. The van der Waals surface area contributed by atoms with Crippen LogP contribution in [0.15, 0.2) is 36.5 Å². The van der Waals surface area contributed by atoms with Crippen molar-refractivity contribution in [2.45, 2.75) is 45.1 Å². The molecule has 2 aromatic rings. The highest BCUT2D eigenvalue weighted by Gasteiger charge is 2.16. The third-order valence-electron chi connectivity index (χ3n) is 4.74. The number of carbonyl (C=O) groups is 2. The van der Waals surface area contributed by atoms with Crippen LogP contribution in [0.4, 0.5) is 0 Å². The SMILES string of the molecule is O=C(CCC(=O)N1CCCCCC1)NCc1ccnc2ccccc12. The Hall–Kier alpha value is -2.43. The van der Waals surface area contributed by atoms with E-state index >= 15 is 0 Å². The molecule has 0 atom stereocenters. The third kappa shape index (κ3) is 4.78. The lowest BCUT2D eigenvalue weighted by atomic mass is 10.1. The average Bonchev–Trinajstić information content (AvgIpc) is 2.94. The summed E-state index contributed by atoms with van der Waals surface area (Å²) in [6.45, 7) is 2.13. The lowest BCUT2D eigenvalue weighted by Crippen LogP contribution is -2.33. The molecule has 5 nitrogen and oxygen atoms in total. The van der Waals surface area contributed by atoms with Gasteiger partial charge < -0.3 is 10.2 Å². The minimum atomic E-state index is -0.0796. The predicted octanol–water partition coefficient (Wildman–Crippen LogP) is 3.03. The summed E-state index contributed by atoms with van der Waals surface area (Å²) >= 11 is 0. The van der Waals surface area contributed by atoms with E-state index in [-0.39, 0.29) is 18.2 Å². The normalized spacial score (nSPS) is 15.0. The summed E-state index contributed by atoms with van der Waals surface area (Å²) in [5, 5.41) is 3.97. The minimum Gasteiger partial charge on any atom is -0.352 e. The Morgan fingerprint density at radius 1 is 1.00 bits per heavy atom. The molecule has 0 bridgehead atoms. The fourth-order valence-electron chi connectivity index (χ4n) is 3.29. The molecular formula is C20H25N3O2. The van der Waals surface area contributed by atoms with Gasteiger partial charge in [-0.15, -0.1) is 0 Å². The minimum absolute atomic E-state index is 0.0796. The van der Waals surface area contributed by atoms with E-state index in [2.05, 4.69) is 10.3 Å². The molecule has 1 aliphatic heterocycles. The molecule has 3 rings (SSSR count). The molecule has 0 spiro atoms. The largest absolute Gasteiger partial charge is 0.352 e. The highest BCUT2D eigenvalue weighted by atomic mass is 16.2. The van der Waals surface area contributed by atoms with E-state index in [1.54, 1.807) is 6.20 Å². The van der Waals surface area contributed by atoms with E-state index < -0.39 is 0 Å². The lowest BCUT2D eigenvalue weighted by molar-refractivity contribution is -0.133. The quantitative estimate of drug-likeness (QED) is 0.911. The van der Waals surface area contributed by atoms with Crippen molar-refractivity contribution in [2.75, 3.05) is 13.1 Å². The fourth-order valence-corrected chi connectivity index (χ4v) is 3.29. The Morgan fingerprint density at radius 3 is 2.56 bits per heavy atom. The first-order valence-corrected chi connectivity index (χ1v) is 9.11. The zero-order valence-corrected chi connectivity index (χ0v) is 14.5. The molecule has 0 aliphatic carbocycles. The van der Waals surface area contributed by atoms with Gasteiger partial charge in [0.05, 0.1) is 5.52 Å². The summed E-state index contributed by atoms with van der Waals surface area (Å²) in [6.07, 6.45) is 6.85. The molecule has 1 fully saturated rings. The fraction of sp³-hybridized carbons (Fsp3) is 0.450. The Balaban J connectivity index is 1.48. The first-order chi connectivity index (χ1) is 12.2. The van der Waals surface area contributed by atoms with Crippen LogP contribution in [0.1, 0.15) is 44.1 Å². The van der Waals surface area contributed by atoms with Crippen LogP contribution in [0.2, 0.25) is 0 Å². The number of likely N-dealkylation sites (tertiary alicyclic amines) is 1. The average molecular weight is 339 g/mol. The van der Waals surface area contributed by atoms with Gasteiger partial charge in [0.2, 0.25) is 11.8 Å².